The molecule has 70 valence electrons. The highest BCUT2D eigenvalue weighted by atomic mass is 35.5. The topological polar surface area (TPSA) is 20.2 Å². The molecular weight excluding hydrogens is 184 g/mol. The largest absolute Gasteiger partial charge is 0.507 e. The molecule has 0 bridgehead atoms. The third kappa shape index (κ3) is 2.78. The lowest BCUT2D eigenvalue weighted by atomic mass is 10.1. The number of alkyl halides is 1. The van der Waals surface area contributed by atoms with Gasteiger partial charge in [-0.05, 0) is 25.0 Å². The van der Waals surface area contributed by atoms with Gasteiger partial charge in [0.25, 0.3) is 0 Å². The summed E-state index contributed by atoms with van der Waals surface area (Å²) in [5, 5.41) is 9.51. The number of phenolic OH excluding ortho intramolecular Hbond substituents is 1. The van der Waals surface area contributed by atoms with Gasteiger partial charge in [0.2, 0.25) is 0 Å². The van der Waals surface area contributed by atoms with Crippen LogP contribution < -0.4 is 0 Å². The maximum absolute atomic E-state index is 9.51. The second-order valence-corrected chi connectivity index (χ2v) is 3.27. The fraction of sp³-hybridized carbons (Fsp3) is 0.273. The number of benzene rings is 1. The molecule has 1 rings (SSSR count). The SMILES string of the molecule is Cc1cccc(O)c1C=CCCCl. The summed E-state index contributed by atoms with van der Waals surface area (Å²) >= 11 is 5.53. The first-order valence-electron chi connectivity index (χ1n) is 4.27. The van der Waals surface area contributed by atoms with Gasteiger partial charge in [0.05, 0.1) is 0 Å². The number of aromatic hydroxyl groups is 1. The number of hydrogen-bond acceptors (Lipinski definition) is 1. The molecule has 1 nitrogen and oxygen atoms in total. The molecule has 2 heteroatoms. The third-order valence-corrected chi connectivity index (χ3v) is 2.08. The zero-order valence-corrected chi connectivity index (χ0v) is 8.38. The zero-order valence-electron chi connectivity index (χ0n) is 7.63. The number of aryl methyl sites for hydroxylation is 1. The Labute approximate surface area is 83.7 Å². The van der Waals surface area contributed by atoms with Gasteiger partial charge in [0.1, 0.15) is 5.75 Å². The van der Waals surface area contributed by atoms with Crippen molar-refractivity contribution in [3.8, 4) is 5.75 Å². The Morgan fingerprint density at radius 2 is 2.23 bits per heavy atom. The summed E-state index contributed by atoms with van der Waals surface area (Å²) in [4.78, 5) is 0. The monoisotopic (exact) mass is 196 g/mol. The summed E-state index contributed by atoms with van der Waals surface area (Å²) in [5.74, 6) is 0.939. The molecule has 1 aromatic carbocycles. The summed E-state index contributed by atoms with van der Waals surface area (Å²) in [7, 11) is 0. The molecule has 0 fully saturated rings. The summed E-state index contributed by atoms with van der Waals surface area (Å²) in [5.41, 5.74) is 1.96. The second-order valence-electron chi connectivity index (χ2n) is 2.89. The van der Waals surface area contributed by atoms with E-state index >= 15 is 0 Å². The lowest BCUT2D eigenvalue weighted by molar-refractivity contribution is 0.473. The van der Waals surface area contributed by atoms with Crippen LogP contribution in [-0.4, -0.2) is 11.0 Å². The van der Waals surface area contributed by atoms with E-state index in [1.165, 1.54) is 0 Å². The second kappa shape index (κ2) is 4.93. The average molecular weight is 197 g/mol. The molecule has 1 N–H and O–H groups in total. The van der Waals surface area contributed by atoms with E-state index in [0.717, 1.165) is 17.5 Å². The molecule has 0 atom stereocenters. The molecule has 0 aromatic heterocycles. The van der Waals surface area contributed by atoms with E-state index in [1.54, 1.807) is 6.07 Å². The number of allylic oxidation sites excluding steroid dienone is 1. The van der Waals surface area contributed by atoms with E-state index in [0.29, 0.717) is 11.6 Å². The first-order chi connectivity index (χ1) is 6.25. The molecule has 1 aromatic rings. The maximum atomic E-state index is 9.51. The van der Waals surface area contributed by atoms with Crippen molar-refractivity contribution in [2.45, 2.75) is 13.3 Å². The highest BCUT2D eigenvalue weighted by molar-refractivity contribution is 6.17. The summed E-state index contributed by atoms with van der Waals surface area (Å²) < 4.78 is 0. The van der Waals surface area contributed by atoms with Gasteiger partial charge in [-0.3, -0.25) is 0 Å². The summed E-state index contributed by atoms with van der Waals surface area (Å²) in [6.45, 7) is 1.97. The van der Waals surface area contributed by atoms with Crippen molar-refractivity contribution < 1.29 is 5.11 Å². The van der Waals surface area contributed by atoms with Gasteiger partial charge in [0.15, 0.2) is 0 Å². The minimum Gasteiger partial charge on any atom is -0.507 e. The van der Waals surface area contributed by atoms with Gasteiger partial charge < -0.3 is 5.11 Å². The minimum atomic E-state index is 0.325. The Balaban J connectivity index is 2.87. The standard InChI is InChI=1S/C11H13ClO/c1-9-5-4-7-11(13)10(9)6-2-3-8-12/h2,4-7,13H,3,8H2,1H3. The predicted molar refractivity (Wildman–Crippen MR) is 57.2 cm³/mol. The molecule has 0 aliphatic carbocycles. The normalized spacial score (nSPS) is 10.9. The van der Waals surface area contributed by atoms with Crippen molar-refractivity contribution in [1.29, 1.82) is 0 Å². The molecule has 13 heavy (non-hydrogen) atoms. The van der Waals surface area contributed by atoms with Crippen LogP contribution in [0.1, 0.15) is 17.5 Å². The van der Waals surface area contributed by atoms with Gasteiger partial charge in [-0.1, -0.05) is 24.3 Å². The average Bonchev–Trinajstić information content (AvgIpc) is 2.10. The Bertz CT molecular complexity index is 285. The quantitative estimate of drug-likeness (QED) is 0.736. The molecular formula is C11H13ClO. The van der Waals surface area contributed by atoms with Crippen molar-refractivity contribution in [3.05, 3.63) is 35.4 Å². The molecule has 0 spiro atoms. The van der Waals surface area contributed by atoms with Crippen molar-refractivity contribution in [1.82, 2.24) is 0 Å². The lowest BCUT2D eigenvalue weighted by Gasteiger charge is -2.02. The summed E-state index contributed by atoms with van der Waals surface area (Å²) in [6.07, 6.45) is 4.71. The molecule has 0 aliphatic heterocycles. The van der Waals surface area contributed by atoms with Crippen LogP contribution in [0.3, 0.4) is 0 Å². The molecule has 0 unspecified atom stereocenters. The Kier molecular flexibility index (Phi) is 3.84. The Morgan fingerprint density at radius 1 is 1.46 bits per heavy atom. The summed E-state index contributed by atoms with van der Waals surface area (Å²) in [6, 6.07) is 5.50. The molecule has 0 saturated heterocycles. The highest BCUT2D eigenvalue weighted by Gasteiger charge is 1.98. The lowest BCUT2D eigenvalue weighted by Crippen LogP contribution is -1.80. The van der Waals surface area contributed by atoms with Crippen molar-refractivity contribution in [3.63, 3.8) is 0 Å². The van der Waals surface area contributed by atoms with E-state index in [9.17, 15) is 5.11 Å². The first kappa shape index (κ1) is 10.1. The van der Waals surface area contributed by atoms with Gasteiger partial charge in [0, 0.05) is 11.4 Å². The van der Waals surface area contributed by atoms with Gasteiger partial charge in [-0.15, -0.1) is 11.6 Å². The first-order valence-corrected chi connectivity index (χ1v) is 4.80. The Hall–Kier alpha value is -0.950. The highest BCUT2D eigenvalue weighted by Crippen LogP contribution is 2.21. The zero-order chi connectivity index (χ0) is 9.68. The van der Waals surface area contributed by atoms with Crippen LogP contribution in [-0.2, 0) is 0 Å². The fourth-order valence-corrected chi connectivity index (χ4v) is 1.27. The minimum absolute atomic E-state index is 0.325. The van der Waals surface area contributed by atoms with Crippen LogP contribution in [0.15, 0.2) is 24.3 Å². The van der Waals surface area contributed by atoms with E-state index in [4.69, 9.17) is 11.6 Å². The van der Waals surface area contributed by atoms with E-state index in [-0.39, 0.29) is 0 Å². The van der Waals surface area contributed by atoms with Crippen LogP contribution in [0, 0.1) is 6.92 Å². The fourth-order valence-electron chi connectivity index (χ4n) is 1.15. The van der Waals surface area contributed by atoms with Gasteiger partial charge >= 0.3 is 0 Å². The molecule has 0 aliphatic rings. The maximum Gasteiger partial charge on any atom is 0.123 e. The van der Waals surface area contributed by atoms with Crippen LogP contribution >= 0.6 is 11.6 Å². The molecule has 0 saturated carbocycles. The Morgan fingerprint density at radius 3 is 2.85 bits per heavy atom. The van der Waals surface area contributed by atoms with Crippen molar-refractivity contribution in [2.24, 2.45) is 0 Å². The molecule has 0 heterocycles. The number of phenols is 1. The molecule has 0 radical (unpaired) electrons. The van der Waals surface area contributed by atoms with E-state index in [2.05, 4.69) is 0 Å². The smallest absolute Gasteiger partial charge is 0.123 e. The van der Waals surface area contributed by atoms with Gasteiger partial charge in [-0.25, -0.2) is 0 Å². The third-order valence-electron chi connectivity index (χ3n) is 1.86. The van der Waals surface area contributed by atoms with Crippen LogP contribution in [0.4, 0.5) is 0 Å². The van der Waals surface area contributed by atoms with E-state index in [1.807, 2.05) is 31.2 Å². The van der Waals surface area contributed by atoms with Crippen LogP contribution in [0.25, 0.3) is 6.08 Å². The number of hydrogen-bond donors (Lipinski definition) is 1. The number of halogens is 1. The predicted octanol–water partition coefficient (Wildman–Crippen LogP) is 3.34. The van der Waals surface area contributed by atoms with Crippen LogP contribution in [0.5, 0.6) is 5.75 Å². The van der Waals surface area contributed by atoms with Crippen molar-refractivity contribution in [2.75, 3.05) is 5.88 Å². The molecule has 0 amide bonds. The van der Waals surface area contributed by atoms with Crippen molar-refractivity contribution >= 4 is 17.7 Å². The van der Waals surface area contributed by atoms with Gasteiger partial charge in [-0.2, -0.15) is 0 Å². The number of rotatable bonds is 3. The van der Waals surface area contributed by atoms with Crippen LogP contribution in [0.2, 0.25) is 0 Å². The van der Waals surface area contributed by atoms with E-state index < -0.39 is 0 Å².